The molecule has 2 N–H and O–H groups in total. The number of aromatic carboxylic acids is 1. The molecular weight excluding hydrogens is 230 g/mol. The van der Waals surface area contributed by atoms with Gasteiger partial charge in [0, 0.05) is 0 Å². The van der Waals surface area contributed by atoms with Crippen LogP contribution in [0.4, 0.5) is 0 Å². The van der Waals surface area contributed by atoms with Crippen LogP contribution in [-0.4, -0.2) is 17.6 Å². The van der Waals surface area contributed by atoms with Gasteiger partial charge in [-0.1, -0.05) is 11.6 Å². The number of carboxylic acid groups (broad SMARTS) is 1. The van der Waals surface area contributed by atoms with Crippen molar-refractivity contribution in [2.45, 2.75) is 38.6 Å². The molecule has 4 heteroatoms. The Hall–Kier alpha value is -1.55. The SMILES string of the molecule is CC(NCCC1=CCCC1)c1ccc(C(=O)O)o1. The summed E-state index contributed by atoms with van der Waals surface area (Å²) in [6.45, 7) is 2.88. The van der Waals surface area contributed by atoms with Crippen molar-refractivity contribution in [1.82, 2.24) is 5.32 Å². The van der Waals surface area contributed by atoms with Crippen molar-refractivity contribution in [3.05, 3.63) is 35.3 Å². The molecule has 1 aliphatic carbocycles. The number of rotatable bonds is 6. The molecular formula is C14H19NO3. The number of carboxylic acids is 1. The van der Waals surface area contributed by atoms with E-state index < -0.39 is 5.97 Å². The highest BCUT2D eigenvalue weighted by molar-refractivity contribution is 5.84. The molecule has 4 nitrogen and oxygen atoms in total. The Morgan fingerprint density at radius 1 is 1.56 bits per heavy atom. The van der Waals surface area contributed by atoms with Crippen LogP contribution in [0.2, 0.25) is 0 Å². The maximum absolute atomic E-state index is 10.7. The minimum absolute atomic E-state index is 0.00264. The van der Waals surface area contributed by atoms with Crippen LogP contribution < -0.4 is 5.32 Å². The fourth-order valence-corrected chi connectivity index (χ4v) is 2.21. The second-order valence-corrected chi connectivity index (χ2v) is 4.69. The second-order valence-electron chi connectivity index (χ2n) is 4.69. The third-order valence-corrected chi connectivity index (χ3v) is 3.30. The van der Waals surface area contributed by atoms with Gasteiger partial charge in [-0.15, -0.1) is 0 Å². The maximum Gasteiger partial charge on any atom is 0.371 e. The first-order valence-electron chi connectivity index (χ1n) is 6.41. The Balaban J connectivity index is 1.79. The predicted molar refractivity (Wildman–Crippen MR) is 68.6 cm³/mol. The zero-order valence-electron chi connectivity index (χ0n) is 10.6. The van der Waals surface area contributed by atoms with E-state index >= 15 is 0 Å². The summed E-state index contributed by atoms with van der Waals surface area (Å²) in [7, 11) is 0. The zero-order chi connectivity index (χ0) is 13.0. The van der Waals surface area contributed by atoms with Crippen LogP contribution in [0.15, 0.2) is 28.2 Å². The van der Waals surface area contributed by atoms with Gasteiger partial charge in [-0.25, -0.2) is 4.79 Å². The highest BCUT2D eigenvalue weighted by Gasteiger charge is 2.13. The molecule has 0 aliphatic heterocycles. The van der Waals surface area contributed by atoms with E-state index in [4.69, 9.17) is 9.52 Å². The predicted octanol–water partition coefficient (Wildman–Crippen LogP) is 3.13. The van der Waals surface area contributed by atoms with Gasteiger partial charge in [0.15, 0.2) is 0 Å². The lowest BCUT2D eigenvalue weighted by Gasteiger charge is -2.11. The first-order chi connectivity index (χ1) is 8.66. The first kappa shape index (κ1) is 12.9. The van der Waals surface area contributed by atoms with Crippen molar-refractivity contribution in [2.24, 2.45) is 0 Å². The number of carbonyl (C=O) groups is 1. The number of hydrogen-bond acceptors (Lipinski definition) is 3. The Labute approximate surface area is 107 Å². The van der Waals surface area contributed by atoms with E-state index in [0.29, 0.717) is 5.76 Å². The normalized spacial score (nSPS) is 16.6. The highest BCUT2D eigenvalue weighted by atomic mass is 16.4. The molecule has 98 valence electrons. The van der Waals surface area contributed by atoms with Crippen LogP contribution in [0.1, 0.15) is 55.0 Å². The van der Waals surface area contributed by atoms with Gasteiger partial charge in [0.2, 0.25) is 5.76 Å². The molecule has 0 saturated heterocycles. The summed E-state index contributed by atoms with van der Waals surface area (Å²) >= 11 is 0. The molecule has 1 heterocycles. The van der Waals surface area contributed by atoms with E-state index in [1.165, 1.54) is 30.9 Å². The third-order valence-electron chi connectivity index (χ3n) is 3.30. The maximum atomic E-state index is 10.7. The molecule has 1 aliphatic rings. The van der Waals surface area contributed by atoms with Crippen LogP contribution >= 0.6 is 0 Å². The van der Waals surface area contributed by atoms with Gasteiger partial charge < -0.3 is 14.8 Å². The fraction of sp³-hybridized carbons (Fsp3) is 0.500. The summed E-state index contributed by atoms with van der Waals surface area (Å²) in [4.78, 5) is 10.7. The van der Waals surface area contributed by atoms with Crippen LogP contribution in [0.5, 0.6) is 0 Å². The first-order valence-corrected chi connectivity index (χ1v) is 6.41. The summed E-state index contributed by atoms with van der Waals surface area (Å²) < 4.78 is 5.25. The smallest absolute Gasteiger partial charge is 0.371 e. The van der Waals surface area contributed by atoms with Gasteiger partial charge in [-0.05, 0) is 51.3 Å². The minimum atomic E-state index is -1.02. The lowest BCUT2D eigenvalue weighted by molar-refractivity contribution is 0.0659. The van der Waals surface area contributed by atoms with Gasteiger partial charge in [0.25, 0.3) is 0 Å². The van der Waals surface area contributed by atoms with Gasteiger partial charge >= 0.3 is 5.97 Å². The average Bonchev–Trinajstić information content (AvgIpc) is 2.99. The molecule has 1 unspecified atom stereocenters. The molecule has 0 saturated carbocycles. The number of nitrogens with one attached hydrogen (secondary N) is 1. The Kier molecular flexibility index (Phi) is 4.20. The van der Waals surface area contributed by atoms with Gasteiger partial charge in [0.05, 0.1) is 6.04 Å². The summed E-state index contributed by atoms with van der Waals surface area (Å²) in [5.74, 6) is -0.352. The molecule has 18 heavy (non-hydrogen) atoms. The Morgan fingerprint density at radius 2 is 2.39 bits per heavy atom. The van der Waals surface area contributed by atoms with E-state index in [0.717, 1.165) is 13.0 Å². The molecule has 1 aromatic rings. The summed E-state index contributed by atoms with van der Waals surface area (Å²) in [5.41, 5.74) is 1.53. The van der Waals surface area contributed by atoms with Crippen LogP contribution in [0.3, 0.4) is 0 Å². The molecule has 0 spiro atoms. The highest BCUT2D eigenvalue weighted by Crippen LogP contribution is 2.21. The van der Waals surface area contributed by atoms with E-state index in [9.17, 15) is 4.79 Å². The Bertz CT molecular complexity index is 448. The van der Waals surface area contributed by atoms with E-state index in [2.05, 4.69) is 11.4 Å². The van der Waals surface area contributed by atoms with Crippen molar-refractivity contribution in [2.75, 3.05) is 6.54 Å². The lowest BCUT2D eigenvalue weighted by atomic mass is 10.1. The monoisotopic (exact) mass is 249 g/mol. The van der Waals surface area contributed by atoms with Crippen molar-refractivity contribution >= 4 is 5.97 Å². The average molecular weight is 249 g/mol. The van der Waals surface area contributed by atoms with Crippen molar-refractivity contribution in [3.8, 4) is 0 Å². The second kappa shape index (κ2) is 5.87. The molecule has 1 atom stereocenters. The summed E-state index contributed by atoms with van der Waals surface area (Å²) in [6, 6.07) is 3.26. The van der Waals surface area contributed by atoms with Crippen molar-refractivity contribution in [3.63, 3.8) is 0 Å². The third kappa shape index (κ3) is 3.23. The van der Waals surface area contributed by atoms with E-state index in [-0.39, 0.29) is 11.8 Å². The number of furan rings is 1. The topological polar surface area (TPSA) is 62.5 Å². The largest absolute Gasteiger partial charge is 0.475 e. The minimum Gasteiger partial charge on any atom is -0.475 e. The van der Waals surface area contributed by atoms with Crippen LogP contribution in [0.25, 0.3) is 0 Å². The van der Waals surface area contributed by atoms with Gasteiger partial charge in [-0.2, -0.15) is 0 Å². The molecule has 0 bridgehead atoms. The molecule has 1 aromatic heterocycles. The lowest BCUT2D eigenvalue weighted by Crippen LogP contribution is -2.19. The van der Waals surface area contributed by atoms with E-state index in [1.807, 2.05) is 6.92 Å². The van der Waals surface area contributed by atoms with Crippen molar-refractivity contribution < 1.29 is 14.3 Å². The van der Waals surface area contributed by atoms with Crippen molar-refractivity contribution in [1.29, 1.82) is 0 Å². The quantitative estimate of drug-likeness (QED) is 0.760. The van der Waals surface area contributed by atoms with Crippen LogP contribution in [0, 0.1) is 0 Å². The summed E-state index contributed by atoms with van der Waals surface area (Å²) in [6.07, 6.45) is 7.11. The van der Waals surface area contributed by atoms with Crippen LogP contribution in [-0.2, 0) is 0 Å². The van der Waals surface area contributed by atoms with Gasteiger partial charge in [0.1, 0.15) is 5.76 Å². The van der Waals surface area contributed by atoms with Gasteiger partial charge in [-0.3, -0.25) is 0 Å². The molecule has 0 fully saturated rings. The number of allylic oxidation sites excluding steroid dienone is 1. The number of hydrogen-bond donors (Lipinski definition) is 2. The molecule has 0 amide bonds. The molecule has 0 aromatic carbocycles. The standard InChI is InChI=1S/C14H19NO3/c1-10(12-6-7-13(18-12)14(16)17)15-9-8-11-4-2-3-5-11/h4,6-7,10,15H,2-3,5,8-9H2,1H3,(H,16,17). The summed E-state index contributed by atoms with van der Waals surface area (Å²) in [5, 5.41) is 12.1. The zero-order valence-corrected chi connectivity index (χ0v) is 10.6. The fourth-order valence-electron chi connectivity index (χ4n) is 2.21. The Morgan fingerprint density at radius 3 is 3.00 bits per heavy atom. The van der Waals surface area contributed by atoms with E-state index in [1.54, 1.807) is 6.07 Å². The molecule has 2 rings (SSSR count). The molecule has 0 radical (unpaired) electrons.